The summed E-state index contributed by atoms with van der Waals surface area (Å²) in [5.74, 6) is 1.91. The molecule has 190 valence electrons. The number of fused-ring (bicyclic) bond motifs is 2. The van der Waals surface area contributed by atoms with Gasteiger partial charge in [0.2, 0.25) is 6.79 Å². The molecule has 6 nitrogen and oxygen atoms in total. The summed E-state index contributed by atoms with van der Waals surface area (Å²) in [7, 11) is 0. The van der Waals surface area contributed by atoms with Crippen LogP contribution in [0.2, 0.25) is 0 Å². The van der Waals surface area contributed by atoms with E-state index in [9.17, 15) is 9.18 Å². The normalized spacial score (nSPS) is 18.1. The van der Waals surface area contributed by atoms with Crippen LogP contribution in [0, 0.1) is 11.7 Å². The Morgan fingerprint density at radius 1 is 0.973 bits per heavy atom. The summed E-state index contributed by atoms with van der Waals surface area (Å²) in [6.07, 6.45) is 1.03. The minimum Gasteiger partial charge on any atom is -0.493 e. The monoisotopic (exact) mass is 501 g/mol. The number of aromatic carboxylic acids is 1. The van der Waals surface area contributed by atoms with E-state index in [0.717, 1.165) is 47.5 Å². The van der Waals surface area contributed by atoms with Gasteiger partial charge in [0, 0.05) is 18.5 Å². The van der Waals surface area contributed by atoms with E-state index in [4.69, 9.17) is 19.3 Å². The third-order valence-electron chi connectivity index (χ3n) is 6.73. The van der Waals surface area contributed by atoms with Crippen molar-refractivity contribution in [2.45, 2.75) is 12.3 Å². The second-order valence-corrected chi connectivity index (χ2v) is 9.07. The number of hydrogen-bond donors (Lipinski definition) is 2. The van der Waals surface area contributed by atoms with Crippen LogP contribution in [0.4, 0.5) is 4.39 Å². The quantitative estimate of drug-likeness (QED) is 0.357. The maximum absolute atomic E-state index is 13.2. The van der Waals surface area contributed by atoms with Crippen LogP contribution < -0.4 is 19.5 Å². The van der Waals surface area contributed by atoms with Crippen LogP contribution in [0.15, 0.2) is 84.9 Å². The van der Waals surface area contributed by atoms with Crippen LogP contribution in [0.5, 0.6) is 17.2 Å². The van der Waals surface area contributed by atoms with Crippen molar-refractivity contribution in [3.05, 3.63) is 102 Å². The van der Waals surface area contributed by atoms with Crippen molar-refractivity contribution < 1.29 is 28.5 Å². The first kappa shape index (κ1) is 24.6. The zero-order valence-electron chi connectivity index (χ0n) is 20.2. The number of hydrogen-bond acceptors (Lipinski definition) is 5. The Labute approximate surface area is 214 Å². The number of piperidine rings is 1. The topological polar surface area (TPSA) is 77.0 Å². The van der Waals surface area contributed by atoms with Gasteiger partial charge in [-0.3, -0.25) is 0 Å². The van der Waals surface area contributed by atoms with Crippen LogP contribution in [0.3, 0.4) is 0 Å². The third kappa shape index (κ3) is 5.84. The molecule has 0 aromatic heterocycles. The first-order valence-corrected chi connectivity index (χ1v) is 12.3. The van der Waals surface area contributed by atoms with Crippen LogP contribution in [0.25, 0.3) is 10.8 Å². The number of carboxylic acids is 1. The average Bonchev–Trinajstić information content (AvgIpc) is 3.41. The van der Waals surface area contributed by atoms with Gasteiger partial charge in [-0.1, -0.05) is 48.5 Å². The SMILES string of the molecule is Fc1ccc([C@@H]2CCNC[C@H]2COc2ccc3c(c2)OCO3)cc1.O=C(O)c1cccc2ccccc12. The molecule has 0 aliphatic carbocycles. The Morgan fingerprint density at radius 3 is 2.59 bits per heavy atom. The van der Waals surface area contributed by atoms with Gasteiger partial charge in [-0.05, 0) is 65.6 Å². The molecule has 4 aromatic carbocycles. The fourth-order valence-electron chi connectivity index (χ4n) is 4.83. The van der Waals surface area contributed by atoms with Gasteiger partial charge in [-0.25, -0.2) is 9.18 Å². The van der Waals surface area contributed by atoms with E-state index in [0.29, 0.717) is 24.0 Å². The van der Waals surface area contributed by atoms with Gasteiger partial charge in [0.1, 0.15) is 11.6 Å². The van der Waals surface area contributed by atoms with E-state index in [-0.39, 0.29) is 12.6 Å². The molecule has 0 unspecified atom stereocenters. The highest BCUT2D eigenvalue weighted by molar-refractivity contribution is 6.03. The Bertz CT molecular complexity index is 1370. The fraction of sp³-hybridized carbons (Fsp3) is 0.233. The summed E-state index contributed by atoms with van der Waals surface area (Å²) >= 11 is 0. The minimum absolute atomic E-state index is 0.194. The summed E-state index contributed by atoms with van der Waals surface area (Å²) in [4.78, 5) is 10.8. The zero-order valence-corrected chi connectivity index (χ0v) is 20.2. The molecule has 0 bridgehead atoms. The molecule has 2 aliphatic heterocycles. The molecule has 7 heteroatoms. The van der Waals surface area contributed by atoms with Crippen molar-refractivity contribution in [1.29, 1.82) is 0 Å². The third-order valence-corrected chi connectivity index (χ3v) is 6.73. The van der Waals surface area contributed by atoms with E-state index >= 15 is 0 Å². The molecule has 0 spiro atoms. The number of benzene rings is 4. The van der Waals surface area contributed by atoms with Crippen LogP contribution in [0.1, 0.15) is 28.3 Å². The van der Waals surface area contributed by atoms with Crippen LogP contribution in [-0.2, 0) is 0 Å². The number of nitrogens with one attached hydrogen (secondary N) is 1. The van der Waals surface area contributed by atoms with Crippen molar-refractivity contribution in [1.82, 2.24) is 5.32 Å². The summed E-state index contributed by atoms with van der Waals surface area (Å²) in [6, 6.07) is 25.2. The number of rotatable bonds is 5. The van der Waals surface area contributed by atoms with E-state index < -0.39 is 5.97 Å². The molecule has 4 aromatic rings. The maximum atomic E-state index is 13.2. The van der Waals surface area contributed by atoms with E-state index in [1.165, 1.54) is 17.7 Å². The molecule has 6 rings (SSSR count). The van der Waals surface area contributed by atoms with Gasteiger partial charge in [0.05, 0.1) is 12.2 Å². The molecule has 0 radical (unpaired) electrons. The first-order chi connectivity index (χ1) is 18.1. The van der Waals surface area contributed by atoms with Gasteiger partial charge >= 0.3 is 5.97 Å². The largest absolute Gasteiger partial charge is 0.493 e. The molecule has 0 amide bonds. The van der Waals surface area contributed by atoms with E-state index in [1.54, 1.807) is 12.1 Å². The van der Waals surface area contributed by atoms with Crippen LogP contribution >= 0.6 is 0 Å². The highest BCUT2D eigenvalue weighted by atomic mass is 19.1. The van der Waals surface area contributed by atoms with E-state index in [1.807, 2.05) is 60.7 Å². The molecule has 2 heterocycles. The second-order valence-electron chi connectivity index (χ2n) is 9.07. The Morgan fingerprint density at radius 2 is 1.76 bits per heavy atom. The Hall–Kier alpha value is -4.10. The molecular weight excluding hydrogens is 473 g/mol. The van der Waals surface area contributed by atoms with Gasteiger partial charge < -0.3 is 24.6 Å². The molecule has 0 saturated carbocycles. The summed E-state index contributed by atoms with van der Waals surface area (Å²) in [5, 5.41) is 14.1. The number of halogens is 1. The molecular formula is C30H28FNO5. The number of ether oxygens (including phenoxy) is 3. The van der Waals surface area contributed by atoms with Crippen molar-refractivity contribution in [3.63, 3.8) is 0 Å². The van der Waals surface area contributed by atoms with E-state index in [2.05, 4.69) is 5.32 Å². The lowest BCUT2D eigenvalue weighted by atomic mass is 9.81. The van der Waals surface area contributed by atoms with Gasteiger partial charge in [0.25, 0.3) is 0 Å². The highest BCUT2D eigenvalue weighted by Crippen LogP contribution is 2.36. The van der Waals surface area contributed by atoms with Gasteiger partial charge in [0.15, 0.2) is 11.5 Å². The summed E-state index contributed by atoms with van der Waals surface area (Å²) in [5.41, 5.74) is 1.54. The maximum Gasteiger partial charge on any atom is 0.336 e. The standard InChI is InChI=1S/C19H20FNO3.C11H8O2/c20-15-3-1-13(2-4-15)17-7-8-21-10-14(17)11-22-16-5-6-18-19(9-16)24-12-23-18;12-11(13)10-7-3-5-8-4-1-2-6-9(8)10/h1-6,9,14,17,21H,7-8,10-12H2;1-7H,(H,12,13)/t14-,17-;/m0./s1. The molecule has 1 fully saturated rings. The molecule has 2 N–H and O–H groups in total. The highest BCUT2D eigenvalue weighted by Gasteiger charge is 2.27. The lowest BCUT2D eigenvalue weighted by molar-refractivity contribution is 0.0699. The number of carboxylic acid groups (broad SMARTS) is 1. The zero-order chi connectivity index (χ0) is 25.6. The van der Waals surface area contributed by atoms with Gasteiger partial charge in [-0.2, -0.15) is 0 Å². The second kappa shape index (κ2) is 11.3. The Kier molecular flexibility index (Phi) is 7.51. The predicted molar refractivity (Wildman–Crippen MR) is 139 cm³/mol. The number of carbonyl (C=O) groups is 1. The Balaban J connectivity index is 0.000000182. The summed E-state index contributed by atoms with van der Waals surface area (Å²) in [6.45, 7) is 2.74. The minimum atomic E-state index is -0.878. The molecule has 2 atom stereocenters. The van der Waals surface area contributed by atoms with Crippen molar-refractivity contribution in [2.75, 3.05) is 26.5 Å². The first-order valence-electron chi connectivity index (χ1n) is 12.3. The van der Waals surface area contributed by atoms with Gasteiger partial charge in [-0.15, -0.1) is 0 Å². The molecule has 37 heavy (non-hydrogen) atoms. The van der Waals surface area contributed by atoms with Crippen molar-refractivity contribution in [3.8, 4) is 17.2 Å². The summed E-state index contributed by atoms with van der Waals surface area (Å²) < 4.78 is 29.9. The smallest absolute Gasteiger partial charge is 0.336 e. The van der Waals surface area contributed by atoms with Crippen molar-refractivity contribution >= 4 is 16.7 Å². The lowest BCUT2D eigenvalue weighted by Gasteiger charge is -2.32. The predicted octanol–water partition coefficient (Wildman–Crippen LogP) is 5.86. The lowest BCUT2D eigenvalue weighted by Crippen LogP contribution is -2.38. The van der Waals surface area contributed by atoms with Crippen LogP contribution in [-0.4, -0.2) is 37.6 Å². The fourth-order valence-corrected chi connectivity index (χ4v) is 4.83. The molecule has 1 saturated heterocycles. The van der Waals surface area contributed by atoms with Crippen molar-refractivity contribution in [2.24, 2.45) is 5.92 Å². The average molecular weight is 502 g/mol. The molecule has 2 aliphatic rings.